The molecule has 41 heavy (non-hydrogen) atoms. The maximum Gasteiger partial charge on any atom is 0.246 e. The van der Waals surface area contributed by atoms with E-state index in [0.29, 0.717) is 38.1 Å². The van der Waals surface area contributed by atoms with Crippen molar-refractivity contribution in [2.75, 3.05) is 39.8 Å². The molecule has 1 amide bonds. The van der Waals surface area contributed by atoms with Gasteiger partial charge in [-0.2, -0.15) is 5.26 Å². The molecule has 10 heteroatoms. The van der Waals surface area contributed by atoms with Crippen LogP contribution in [0.5, 0.6) is 5.75 Å². The molecule has 0 bridgehead atoms. The van der Waals surface area contributed by atoms with Crippen molar-refractivity contribution in [3.8, 4) is 11.8 Å². The first kappa shape index (κ1) is 28.6. The number of halogens is 1. The summed E-state index contributed by atoms with van der Waals surface area (Å²) >= 11 is 0. The molecule has 1 aromatic rings. The molecular formula is C31H43FN6O3. The van der Waals surface area contributed by atoms with Crippen LogP contribution in [0.4, 0.5) is 4.39 Å². The first-order chi connectivity index (χ1) is 19.9. The maximum absolute atomic E-state index is 13.8. The largest absolute Gasteiger partial charge is 0.487 e. The summed E-state index contributed by atoms with van der Waals surface area (Å²) in [6.07, 6.45) is 8.17. The third-order valence-corrected chi connectivity index (χ3v) is 10.2. The number of fused-ring (bicyclic) bond motifs is 2. The summed E-state index contributed by atoms with van der Waals surface area (Å²) in [4.78, 5) is 19.1. The zero-order valence-electron chi connectivity index (χ0n) is 24.1. The van der Waals surface area contributed by atoms with Crippen molar-refractivity contribution in [1.29, 1.82) is 5.26 Å². The molecule has 9 nitrogen and oxygen atoms in total. The average molecular weight is 567 g/mol. The van der Waals surface area contributed by atoms with Gasteiger partial charge in [0.1, 0.15) is 17.2 Å². The van der Waals surface area contributed by atoms with E-state index in [1.165, 1.54) is 18.6 Å². The summed E-state index contributed by atoms with van der Waals surface area (Å²) in [7, 11) is 2.16. The van der Waals surface area contributed by atoms with E-state index in [9.17, 15) is 14.4 Å². The van der Waals surface area contributed by atoms with Crippen LogP contribution < -0.4 is 15.4 Å². The predicted molar refractivity (Wildman–Crippen MR) is 152 cm³/mol. The van der Waals surface area contributed by atoms with Crippen molar-refractivity contribution in [1.82, 2.24) is 25.3 Å². The molecule has 1 saturated carbocycles. The number of nitriles is 1. The van der Waals surface area contributed by atoms with Crippen LogP contribution in [0.3, 0.4) is 0 Å². The minimum Gasteiger partial charge on any atom is -0.487 e. The van der Waals surface area contributed by atoms with Gasteiger partial charge in [0.25, 0.3) is 0 Å². The van der Waals surface area contributed by atoms with Crippen molar-refractivity contribution in [2.45, 2.75) is 87.6 Å². The Labute approximate surface area is 242 Å². The monoisotopic (exact) mass is 566 g/mol. The van der Waals surface area contributed by atoms with E-state index < -0.39 is 0 Å². The Morgan fingerprint density at radius 2 is 2.15 bits per heavy atom. The number of hydrogen-bond acceptors (Lipinski definition) is 8. The Morgan fingerprint density at radius 1 is 1.27 bits per heavy atom. The number of nitrogens with zero attached hydrogens (tertiary/aromatic N) is 4. The predicted octanol–water partition coefficient (Wildman–Crippen LogP) is 2.58. The molecule has 2 N–H and O–H groups in total. The lowest BCUT2D eigenvalue weighted by Gasteiger charge is -2.55. The standard InChI is InChI=1S/C31H43FN6O3/c1-3-28(39)38-16-15-37(19-23(38)10-13-33)29-25-9-12-31(11-8-21-17-22(32)6-7-27(21)41-31)18-26(25)34-30(35-29)40-20-24-5-4-14-36(24)2/h3,6-7,17,23-26,29-30,34-35H,1,4-5,8-12,14-16,18-20H2,2H3/t23?,24?,25?,26?,29?,30?,31-/m1/s1. The van der Waals surface area contributed by atoms with E-state index in [0.717, 1.165) is 62.9 Å². The van der Waals surface area contributed by atoms with Gasteiger partial charge in [-0.3, -0.25) is 20.3 Å². The average Bonchev–Trinajstić information content (AvgIpc) is 3.39. The van der Waals surface area contributed by atoms with Crippen LogP contribution in [0.25, 0.3) is 0 Å². The second-order valence-electron chi connectivity index (χ2n) is 12.6. The Morgan fingerprint density at radius 3 is 2.93 bits per heavy atom. The number of nitrogens with one attached hydrogen (secondary N) is 2. The van der Waals surface area contributed by atoms with Crippen LogP contribution in [-0.4, -0.2) is 96.7 Å². The summed E-state index contributed by atoms with van der Waals surface area (Å²) in [6, 6.07) is 7.57. The van der Waals surface area contributed by atoms with Crippen LogP contribution in [0.2, 0.25) is 0 Å². The third kappa shape index (κ3) is 5.88. The summed E-state index contributed by atoms with van der Waals surface area (Å²) in [6.45, 7) is 7.35. The summed E-state index contributed by atoms with van der Waals surface area (Å²) in [5.74, 6) is 0.794. The van der Waals surface area contributed by atoms with Crippen molar-refractivity contribution in [3.05, 3.63) is 42.2 Å². The molecular weight excluding hydrogens is 523 g/mol. The van der Waals surface area contributed by atoms with E-state index in [-0.39, 0.29) is 41.9 Å². The van der Waals surface area contributed by atoms with E-state index in [2.05, 4.69) is 40.1 Å². The first-order valence-electron chi connectivity index (χ1n) is 15.2. The molecule has 5 aliphatic rings. The molecule has 0 aromatic heterocycles. The van der Waals surface area contributed by atoms with Gasteiger partial charge in [0, 0.05) is 44.1 Å². The number of ether oxygens (including phenoxy) is 2. The SMILES string of the molecule is C=CC(=O)N1CCN(C2NC(OCC3CCCN3C)NC3C[C@@]4(CCc5cc(F)ccc5O4)CCC32)CC1CC#N. The molecule has 1 spiro atoms. The lowest BCUT2D eigenvalue weighted by Crippen LogP contribution is -2.73. The molecule has 3 saturated heterocycles. The molecule has 4 heterocycles. The van der Waals surface area contributed by atoms with Gasteiger partial charge in [-0.25, -0.2) is 4.39 Å². The number of rotatable bonds is 6. The van der Waals surface area contributed by atoms with Crippen molar-refractivity contribution in [2.24, 2.45) is 5.92 Å². The van der Waals surface area contributed by atoms with Crippen LogP contribution in [-0.2, 0) is 16.0 Å². The van der Waals surface area contributed by atoms with E-state index in [1.54, 1.807) is 17.0 Å². The number of amides is 1. The van der Waals surface area contributed by atoms with E-state index in [1.807, 2.05) is 0 Å². The Kier molecular flexibility index (Phi) is 8.35. The second-order valence-corrected chi connectivity index (χ2v) is 12.6. The summed E-state index contributed by atoms with van der Waals surface area (Å²) in [5.41, 5.74) is 0.668. The van der Waals surface area contributed by atoms with Crippen LogP contribution >= 0.6 is 0 Å². The number of carbonyl (C=O) groups excluding carboxylic acids is 1. The van der Waals surface area contributed by atoms with Crippen molar-refractivity contribution < 1.29 is 18.7 Å². The fourth-order valence-corrected chi connectivity index (χ4v) is 7.87. The molecule has 222 valence electrons. The quantitative estimate of drug-likeness (QED) is 0.508. The molecule has 0 radical (unpaired) electrons. The first-order valence-corrected chi connectivity index (χ1v) is 15.2. The molecule has 1 aliphatic carbocycles. The van der Waals surface area contributed by atoms with Gasteiger partial charge in [0.15, 0.2) is 6.35 Å². The minimum absolute atomic E-state index is 0.0528. The fraction of sp³-hybridized carbons (Fsp3) is 0.677. The molecule has 6 rings (SSSR count). The zero-order chi connectivity index (χ0) is 28.6. The Balaban J connectivity index is 1.20. The maximum atomic E-state index is 13.8. The zero-order valence-corrected chi connectivity index (χ0v) is 24.1. The highest BCUT2D eigenvalue weighted by molar-refractivity contribution is 5.87. The van der Waals surface area contributed by atoms with Gasteiger partial charge in [-0.1, -0.05) is 6.58 Å². The number of piperazine rings is 1. The van der Waals surface area contributed by atoms with Gasteiger partial charge in [-0.05, 0) is 82.0 Å². The smallest absolute Gasteiger partial charge is 0.246 e. The second kappa shape index (κ2) is 12.0. The normalized spacial score (nSPS) is 35.8. The number of carbonyl (C=O) groups is 1. The van der Waals surface area contributed by atoms with Crippen molar-refractivity contribution >= 4 is 5.91 Å². The Hall–Kier alpha value is -2.55. The summed E-state index contributed by atoms with van der Waals surface area (Å²) in [5, 5.41) is 17.1. The lowest BCUT2D eigenvalue weighted by atomic mass is 9.70. The van der Waals surface area contributed by atoms with Gasteiger partial charge >= 0.3 is 0 Å². The number of likely N-dealkylation sites (N-methyl/N-ethyl adjacent to an activating group) is 1. The molecule has 4 aliphatic heterocycles. The van der Waals surface area contributed by atoms with Crippen LogP contribution in [0.1, 0.15) is 50.5 Å². The number of likely N-dealkylation sites (tertiary alicyclic amines) is 1. The number of benzene rings is 1. The van der Waals surface area contributed by atoms with Gasteiger partial charge in [0.05, 0.1) is 31.3 Å². The molecule has 7 atom stereocenters. The number of hydrogen-bond donors (Lipinski definition) is 2. The highest BCUT2D eigenvalue weighted by atomic mass is 19.1. The van der Waals surface area contributed by atoms with E-state index >= 15 is 0 Å². The highest BCUT2D eigenvalue weighted by Gasteiger charge is 2.51. The molecule has 4 fully saturated rings. The third-order valence-electron chi connectivity index (χ3n) is 10.2. The number of aryl methyl sites for hydroxylation is 1. The fourth-order valence-electron chi connectivity index (χ4n) is 7.87. The molecule has 1 aromatic carbocycles. The van der Waals surface area contributed by atoms with E-state index in [4.69, 9.17) is 9.47 Å². The Bertz CT molecular complexity index is 1180. The minimum atomic E-state index is -0.308. The topological polar surface area (TPSA) is 93.1 Å². The van der Waals surface area contributed by atoms with Gasteiger partial charge in [-0.15, -0.1) is 0 Å². The highest BCUT2D eigenvalue weighted by Crippen LogP contribution is 2.45. The van der Waals surface area contributed by atoms with Crippen LogP contribution in [0.15, 0.2) is 30.9 Å². The van der Waals surface area contributed by atoms with Gasteiger partial charge in [0.2, 0.25) is 5.91 Å². The summed E-state index contributed by atoms with van der Waals surface area (Å²) < 4.78 is 27.0. The lowest BCUT2D eigenvalue weighted by molar-refractivity contribution is -0.139. The van der Waals surface area contributed by atoms with Gasteiger partial charge < -0.3 is 19.3 Å². The van der Waals surface area contributed by atoms with Crippen molar-refractivity contribution in [3.63, 3.8) is 0 Å². The molecule has 6 unspecified atom stereocenters. The van der Waals surface area contributed by atoms with Crippen LogP contribution in [0, 0.1) is 23.1 Å².